The summed E-state index contributed by atoms with van der Waals surface area (Å²) < 4.78 is 14.8. The minimum atomic E-state index is 0. The minimum Gasteiger partial charge on any atom is -0.382 e. The van der Waals surface area contributed by atoms with Crippen LogP contribution in [0.5, 0.6) is 0 Å². The van der Waals surface area contributed by atoms with Crippen LogP contribution in [0.15, 0.2) is 0 Å². The van der Waals surface area contributed by atoms with E-state index in [1.165, 1.54) is 0 Å². The first-order chi connectivity index (χ1) is 5.43. The lowest BCUT2D eigenvalue weighted by Crippen LogP contribution is -2.06. The lowest BCUT2D eigenvalue weighted by atomic mass is 10.5. The molecule has 1 atom stereocenters. The van der Waals surface area contributed by atoms with E-state index in [1.54, 1.807) is 7.11 Å². The highest BCUT2D eigenvalue weighted by molar-refractivity contribution is 15.0. The van der Waals surface area contributed by atoms with Crippen molar-refractivity contribution in [1.82, 2.24) is 0 Å². The van der Waals surface area contributed by atoms with Crippen LogP contribution in [0.2, 0.25) is 0 Å². The van der Waals surface area contributed by atoms with Crippen molar-refractivity contribution in [3.8, 4) is 0 Å². The number of hydrogen-bond acceptors (Lipinski definition) is 3. The molecular formula is C7H16I2O3. The first-order valence-electron chi connectivity index (χ1n) is 3.26. The zero-order chi connectivity index (χ0) is 8.53. The Bertz CT molecular complexity index is 79.1. The van der Waals surface area contributed by atoms with Gasteiger partial charge in [-0.25, -0.2) is 0 Å². The van der Waals surface area contributed by atoms with Crippen molar-refractivity contribution in [3.05, 3.63) is 0 Å². The third kappa shape index (κ3) is 11.3. The highest BCUT2D eigenvalue weighted by atomic mass is 128. The van der Waals surface area contributed by atoms with Crippen LogP contribution >= 0.6 is 37.2 Å². The largest absolute Gasteiger partial charge is 0.382 e. The fraction of sp³-hybridized carbons (Fsp3) is 1.00. The molecule has 76 valence electrons. The van der Waals surface area contributed by atoms with Gasteiger partial charge >= 0.3 is 0 Å². The predicted molar refractivity (Wildman–Crippen MR) is 67.2 cm³/mol. The summed E-state index contributed by atoms with van der Waals surface area (Å²) >= 11 is 4.24. The topological polar surface area (TPSA) is 31.0 Å². The second-order valence-electron chi connectivity index (χ2n) is 2.02. The normalized spacial score (nSPS) is 18.8. The minimum absolute atomic E-state index is 0. The third-order valence-electron chi connectivity index (χ3n) is 1.14. The molecule has 0 saturated carbocycles. The fourth-order valence-electron chi connectivity index (χ4n) is 0.521. The molecule has 0 aromatic heterocycles. The summed E-state index contributed by atoms with van der Waals surface area (Å²) in [5.41, 5.74) is 0. The van der Waals surface area contributed by atoms with Crippen molar-refractivity contribution in [3.63, 3.8) is 0 Å². The van der Waals surface area contributed by atoms with Crippen LogP contribution in [0.4, 0.5) is 0 Å². The van der Waals surface area contributed by atoms with Crippen LogP contribution in [-0.2, 0) is 14.2 Å². The lowest BCUT2D eigenvalue weighted by Gasteiger charge is -1.98. The number of rotatable bonds is 5. The molecule has 0 radical (unpaired) electrons. The monoisotopic (exact) mass is 402 g/mol. The van der Waals surface area contributed by atoms with E-state index in [9.17, 15) is 0 Å². The van der Waals surface area contributed by atoms with E-state index >= 15 is 0 Å². The molecule has 1 saturated heterocycles. The summed E-state index contributed by atoms with van der Waals surface area (Å²) in [4.78, 5) is 0. The summed E-state index contributed by atoms with van der Waals surface area (Å²) in [7, 11) is 1.66. The molecule has 0 aliphatic carbocycles. The quantitative estimate of drug-likeness (QED) is 0.403. The van der Waals surface area contributed by atoms with Crippen molar-refractivity contribution < 1.29 is 14.2 Å². The maximum Gasteiger partial charge on any atom is 0.104 e. The maximum absolute atomic E-state index is 5.15. The number of methoxy groups -OCH3 is 1. The molecule has 0 aromatic rings. The zero-order valence-electron chi connectivity index (χ0n) is 6.39. The van der Waals surface area contributed by atoms with E-state index in [-0.39, 0.29) is 7.43 Å². The molecule has 5 heteroatoms. The van der Waals surface area contributed by atoms with Crippen molar-refractivity contribution in [2.75, 3.05) is 33.5 Å². The Morgan fingerprint density at radius 3 is 2.42 bits per heavy atom. The van der Waals surface area contributed by atoms with Crippen LogP contribution in [-0.4, -0.2) is 39.6 Å². The van der Waals surface area contributed by atoms with Crippen molar-refractivity contribution in [1.29, 1.82) is 0 Å². The van der Waals surface area contributed by atoms with Gasteiger partial charge in [-0.05, 0) is 0 Å². The van der Waals surface area contributed by atoms with Crippen LogP contribution < -0.4 is 0 Å². The standard InChI is InChI=1S/C6H12O3.CH4.I2/c1-7-2-3-8-4-6-5-9-6;;1-2/h6H,2-5H2,1H3;1H4;. The summed E-state index contributed by atoms with van der Waals surface area (Å²) in [5.74, 6) is 0. The van der Waals surface area contributed by atoms with E-state index in [0.717, 1.165) is 13.2 Å². The van der Waals surface area contributed by atoms with E-state index in [2.05, 4.69) is 37.2 Å². The number of halogens is 2. The van der Waals surface area contributed by atoms with Gasteiger partial charge in [0.2, 0.25) is 0 Å². The Balaban J connectivity index is 0. The lowest BCUT2D eigenvalue weighted by molar-refractivity contribution is 0.0622. The van der Waals surface area contributed by atoms with Gasteiger partial charge < -0.3 is 14.2 Å². The molecule has 0 N–H and O–H groups in total. The van der Waals surface area contributed by atoms with Crippen LogP contribution in [0, 0.1) is 0 Å². The number of epoxide rings is 1. The van der Waals surface area contributed by atoms with Crippen molar-refractivity contribution >= 4 is 37.2 Å². The Kier molecular flexibility index (Phi) is 16.2. The van der Waals surface area contributed by atoms with E-state index < -0.39 is 0 Å². The van der Waals surface area contributed by atoms with Gasteiger partial charge in [0.15, 0.2) is 0 Å². The Morgan fingerprint density at radius 1 is 1.42 bits per heavy atom. The van der Waals surface area contributed by atoms with Gasteiger partial charge in [0, 0.05) is 44.3 Å². The highest BCUT2D eigenvalue weighted by Gasteiger charge is 2.21. The van der Waals surface area contributed by atoms with Crippen LogP contribution in [0.1, 0.15) is 7.43 Å². The van der Waals surface area contributed by atoms with Gasteiger partial charge in [0.05, 0.1) is 26.4 Å². The summed E-state index contributed by atoms with van der Waals surface area (Å²) in [6, 6.07) is 0. The highest BCUT2D eigenvalue weighted by Crippen LogP contribution is 2.07. The maximum atomic E-state index is 5.15. The predicted octanol–water partition coefficient (Wildman–Crippen LogP) is 2.46. The molecule has 1 fully saturated rings. The van der Waals surface area contributed by atoms with E-state index in [4.69, 9.17) is 14.2 Å². The van der Waals surface area contributed by atoms with Crippen molar-refractivity contribution in [2.45, 2.75) is 13.5 Å². The van der Waals surface area contributed by atoms with Crippen molar-refractivity contribution in [2.24, 2.45) is 0 Å². The third-order valence-corrected chi connectivity index (χ3v) is 1.14. The molecule has 0 amide bonds. The first kappa shape index (κ1) is 15.8. The average molecular weight is 402 g/mol. The van der Waals surface area contributed by atoms with Gasteiger partial charge in [-0.1, -0.05) is 7.43 Å². The smallest absolute Gasteiger partial charge is 0.104 e. The van der Waals surface area contributed by atoms with Gasteiger partial charge in [-0.15, -0.1) is 0 Å². The van der Waals surface area contributed by atoms with E-state index in [0.29, 0.717) is 19.3 Å². The Morgan fingerprint density at radius 2 is 2.00 bits per heavy atom. The molecule has 1 heterocycles. The molecule has 0 aromatic carbocycles. The molecule has 1 aliphatic heterocycles. The second kappa shape index (κ2) is 12.3. The van der Waals surface area contributed by atoms with Gasteiger partial charge in [-0.2, -0.15) is 0 Å². The first-order valence-corrected chi connectivity index (χ1v) is 9.54. The van der Waals surface area contributed by atoms with Gasteiger partial charge in [-0.3, -0.25) is 0 Å². The second-order valence-corrected chi connectivity index (χ2v) is 2.02. The molecule has 0 bridgehead atoms. The number of hydrogen-bond donors (Lipinski definition) is 0. The molecule has 0 spiro atoms. The van der Waals surface area contributed by atoms with Gasteiger partial charge in [0.25, 0.3) is 0 Å². The molecule has 3 nitrogen and oxygen atoms in total. The number of ether oxygens (including phenoxy) is 3. The molecule has 1 rings (SSSR count). The summed E-state index contributed by atoms with van der Waals surface area (Å²) in [6.07, 6.45) is 0.377. The van der Waals surface area contributed by atoms with Gasteiger partial charge in [0.1, 0.15) is 6.10 Å². The average Bonchev–Trinajstić information content (AvgIpc) is 2.86. The summed E-state index contributed by atoms with van der Waals surface area (Å²) in [5, 5.41) is 0. The fourth-order valence-corrected chi connectivity index (χ4v) is 0.521. The Hall–Kier alpha value is 1.34. The summed E-state index contributed by atoms with van der Waals surface area (Å²) in [6.45, 7) is 2.94. The van der Waals surface area contributed by atoms with E-state index in [1.807, 2.05) is 0 Å². The molecule has 1 aliphatic rings. The molecule has 1 unspecified atom stereocenters. The van der Waals surface area contributed by atoms with Crippen LogP contribution in [0.25, 0.3) is 0 Å². The molecule has 12 heavy (non-hydrogen) atoms. The Labute approximate surface area is 97.8 Å². The SMILES string of the molecule is C.COCCOCC1CO1.II. The zero-order valence-corrected chi connectivity index (χ0v) is 10.7. The van der Waals surface area contributed by atoms with Crippen LogP contribution in [0.3, 0.4) is 0 Å². The molecular weight excluding hydrogens is 386 g/mol.